The summed E-state index contributed by atoms with van der Waals surface area (Å²) in [7, 11) is 0. The summed E-state index contributed by atoms with van der Waals surface area (Å²) >= 11 is 0. The van der Waals surface area contributed by atoms with Crippen molar-refractivity contribution in [1.82, 2.24) is 0 Å². The van der Waals surface area contributed by atoms with E-state index in [1.807, 2.05) is 19.9 Å². The fraction of sp³-hybridized carbons (Fsp3) is 0.222. The minimum atomic E-state index is -0.867. The Bertz CT molecular complexity index is 295. The molecular formula is C9H13GaO2. The van der Waals surface area contributed by atoms with Crippen molar-refractivity contribution in [2.45, 2.75) is 13.8 Å². The normalized spacial score (nSPS) is 8.83. The maximum atomic E-state index is 10.5. The number of carbonyl (C=O) groups is 1. The minimum absolute atomic E-state index is 0. The monoisotopic (exact) mass is 222 g/mol. The van der Waals surface area contributed by atoms with Crippen molar-refractivity contribution in [1.29, 1.82) is 0 Å². The van der Waals surface area contributed by atoms with Gasteiger partial charge in [0.2, 0.25) is 0 Å². The first-order chi connectivity index (χ1) is 5.11. The number of hydrogen-bond acceptors (Lipinski definition) is 1. The SMILES string of the molecule is Cc1ccc(C(=O)O)cc1C.[GaH3]. The van der Waals surface area contributed by atoms with Gasteiger partial charge in [-0.3, -0.25) is 0 Å². The number of aromatic carboxylic acids is 1. The standard InChI is InChI=1S/C9H10O2.Ga.3H/c1-6-3-4-8(9(10)11)5-7(6)2;;;;/h3-5H,1-2H3,(H,10,11);;;;. The van der Waals surface area contributed by atoms with Gasteiger partial charge in [-0.25, -0.2) is 4.79 Å². The molecule has 0 unspecified atom stereocenters. The first kappa shape index (κ1) is 11.3. The molecule has 1 aromatic carbocycles. The van der Waals surface area contributed by atoms with Crippen molar-refractivity contribution < 1.29 is 9.90 Å². The predicted molar refractivity (Wildman–Crippen MR) is 52.8 cm³/mol. The molecular weight excluding hydrogens is 210 g/mol. The third kappa shape index (κ3) is 2.43. The first-order valence-electron chi connectivity index (χ1n) is 3.42. The van der Waals surface area contributed by atoms with Gasteiger partial charge >= 0.3 is 25.8 Å². The van der Waals surface area contributed by atoms with Crippen molar-refractivity contribution >= 4 is 25.8 Å². The van der Waals surface area contributed by atoms with Crippen molar-refractivity contribution in [3.05, 3.63) is 34.9 Å². The molecule has 0 aliphatic rings. The molecule has 64 valence electrons. The van der Waals surface area contributed by atoms with E-state index < -0.39 is 5.97 Å². The van der Waals surface area contributed by atoms with Crippen LogP contribution < -0.4 is 0 Å². The molecule has 0 amide bonds. The molecule has 3 heteroatoms. The van der Waals surface area contributed by atoms with Gasteiger partial charge in [0, 0.05) is 0 Å². The van der Waals surface area contributed by atoms with E-state index in [2.05, 4.69) is 0 Å². The third-order valence-electron chi connectivity index (χ3n) is 1.75. The van der Waals surface area contributed by atoms with Gasteiger partial charge in [-0.1, -0.05) is 6.07 Å². The van der Waals surface area contributed by atoms with Crippen LogP contribution in [-0.2, 0) is 0 Å². The summed E-state index contributed by atoms with van der Waals surface area (Å²) < 4.78 is 0. The second-order valence-corrected chi connectivity index (χ2v) is 2.60. The molecule has 0 saturated heterocycles. The zero-order chi connectivity index (χ0) is 8.43. The van der Waals surface area contributed by atoms with Crippen LogP contribution in [0.25, 0.3) is 0 Å². The van der Waals surface area contributed by atoms with E-state index in [1.165, 1.54) is 0 Å². The van der Waals surface area contributed by atoms with Gasteiger partial charge in [-0.05, 0) is 37.1 Å². The summed E-state index contributed by atoms with van der Waals surface area (Å²) in [6, 6.07) is 5.11. The summed E-state index contributed by atoms with van der Waals surface area (Å²) in [5, 5.41) is 8.60. The summed E-state index contributed by atoms with van der Waals surface area (Å²) in [4.78, 5) is 10.5. The van der Waals surface area contributed by atoms with Crippen LogP contribution in [0, 0.1) is 13.8 Å². The Labute approximate surface area is 84.7 Å². The molecule has 0 heterocycles. The van der Waals surface area contributed by atoms with E-state index in [1.54, 1.807) is 12.1 Å². The van der Waals surface area contributed by atoms with E-state index in [4.69, 9.17) is 5.11 Å². The van der Waals surface area contributed by atoms with Crippen LogP contribution in [0.2, 0.25) is 0 Å². The van der Waals surface area contributed by atoms with E-state index >= 15 is 0 Å². The van der Waals surface area contributed by atoms with E-state index in [0.29, 0.717) is 5.56 Å². The van der Waals surface area contributed by atoms with Crippen LogP contribution in [0.15, 0.2) is 18.2 Å². The Morgan fingerprint density at radius 2 is 1.83 bits per heavy atom. The number of hydrogen-bond donors (Lipinski definition) is 1. The molecule has 0 spiro atoms. The first-order valence-corrected chi connectivity index (χ1v) is 3.42. The Morgan fingerprint density at radius 3 is 2.25 bits per heavy atom. The Balaban J connectivity index is 0.00000121. The van der Waals surface area contributed by atoms with E-state index in [9.17, 15) is 4.79 Å². The fourth-order valence-electron chi connectivity index (χ4n) is 0.874. The average Bonchev–Trinajstić information content (AvgIpc) is 1.94. The molecule has 0 saturated carbocycles. The van der Waals surface area contributed by atoms with Gasteiger partial charge in [-0.15, -0.1) is 0 Å². The van der Waals surface area contributed by atoms with Crippen LogP contribution in [0.1, 0.15) is 21.5 Å². The molecule has 0 bridgehead atoms. The molecule has 0 aromatic heterocycles. The fourth-order valence-corrected chi connectivity index (χ4v) is 0.874. The number of carboxylic acid groups (broad SMARTS) is 1. The Morgan fingerprint density at radius 1 is 1.25 bits per heavy atom. The van der Waals surface area contributed by atoms with Crippen LogP contribution in [-0.4, -0.2) is 30.9 Å². The molecule has 0 radical (unpaired) electrons. The average molecular weight is 223 g/mol. The van der Waals surface area contributed by atoms with Gasteiger partial charge in [0.05, 0.1) is 5.56 Å². The van der Waals surface area contributed by atoms with Gasteiger partial charge in [-0.2, -0.15) is 0 Å². The summed E-state index contributed by atoms with van der Waals surface area (Å²) in [5.74, 6) is -0.867. The third-order valence-corrected chi connectivity index (χ3v) is 1.75. The van der Waals surface area contributed by atoms with Crippen LogP contribution in [0.3, 0.4) is 0 Å². The van der Waals surface area contributed by atoms with Crippen LogP contribution in [0.4, 0.5) is 0 Å². The van der Waals surface area contributed by atoms with Crippen LogP contribution >= 0.6 is 0 Å². The van der Waals surface area contributed by atoms with Gasteiger partial charge < -0.3 is 5.11 Å². The van der Waals surface area contributed by atoms with Crippen LogP contribution in [0.5, 0.6) is 0 Å². The quantitative estimate of drug-likeness (QED) is 0.715. The zero-order valence-electron chi connectivity index (χ0n) is 6.59. The van der Waals surface area contributed by atoms with Crippen molar-refractivity contribution in [2.24, 2.45) is 0 Å². The molecule has 1 N–H and O–H groups in total. The molecule has 0 fully saturated rings. The molecule has 0 aliphatic heterocycles. The Hall–Kier alpha value is -0.674. The number of carboxylic acids is 1. The predicted octanol–water partition coefficient (Wildman–Crippen LogP) is 0.818. The van der Waals surface area contributed by atoms with Crippen molar-refractivity contribution in [3.8, 4) is 0 Å². The van der Waals surface area contributed by atoms with Crippen molar-refractivity contribution in [2.75, 3.05) is 0 Å². The van der Waals surface area contributed by atoms with Crippen molar-refractivity contribution in [3.63, 3.8) is 0 Å². The molecule has 1 rings (SSSR count). The summed E-state index contributed by atoms with van der Waals surface area (Å²) in [5.41, 5.74) is 2.49. The number of benzene rings is 1. The maximum absolute atomic E-state index is 10.5. The van der Waals surface area contributed by atoms with E-state index in [-0.39, 0.29) is 19.8 Å². The summed E-state index contributed by atoms with van der Waals surface area (Å²) in [6.07, 6.45) is 0. The molecule has 2 nitrogen and oxygen atoms in total. The topological polar surface area (TPSA) is 37.3 Å². The van der Waals surface area contributed by atoms with Gasteiger partial charge in [0.1, 0.15) is 0 Å². The molecule has 0 aliphatic carbocycles. The molecule has 1 aromatic rings. The second-order valence-electron chi connectivity index (χ2n) is 2.60. The zero-order valence-corrected chi connectivity index (χ0v) is 6.59. The molecule has 12 heavy (non-hydrogen) atoms. The Kier molecular flexibility index (Phi) is 4.13. The second kappa shape index (κ2) is 4.38. The van der Waals surface area contributed by atoms with Gasteiger partial charge in [0.15, 0.2) is 0 Å². The van der Waals surface area contributed by atoms with E-state index in [0.717, 1.165) is 11.1 Å². The number of aryl methyl sites for hydroxylation is 2. The van der Waals surface area contributed by atoms with Gasteiger partial charge in [0.25, 0.3) is 0 Å². The summed E-state index contributed by atoms with van der Waals surface area (Å²) in [6.45, 7) is 3.86. The molecule has 0 atom stereocenters. The number of rotatable bonds is 1.